The molecule has 3 rings (SSSR count). The van der Waals surface area contributed by atoms with E-state index in [1.165, 1.54) is 31.3 Å². The second-order valence-electron chi connectivity index (χ2n) is 7.46. The highest BCUT2D eigenvalue weighted by molar-refractivity contribution is 5.66. The fraction of sp³-hybridized carbons (Fsp3) is 0.737. The summed E-state index contributed by atoms with van der Waals surface area (Å²) < 4.78 is 5.74. The molecule has 5 heteroatoms. The van der Waals surface area contributed by atoms with Gasteiger partial charge in [-0.2, -0.15) is 0 Å². The van der Waals surface area contributed by atoms with Crippen LogP contribution in [0.15, 0.2) is 23.3 Å². The third kappa shape index (κ3) is 5.08. The molecule has 0 aromatic carbocycles. The van der Waals surface area contributed by atoms with Gasteiger partial charge in [0.25, 0.3) is 0 Å². The number of ether oxygens (including phenoxy) is 1. The molecular formula is C19H31NO4. The number of aliphatic hydroxyl groups excluding tert-OH is 1. The molecule has 0 aromatic rings. The number of hydrogen-bond donors (Lipinski definition) is 2. The third-order valence-corrected chi connectivity index (χ3v) is 5.14. The van der Waals surface area contributed by atoms with Crippen molar-refractivity contribution in [2.24, 2.45) is 5.92 Å². The number of allylic oxidation sites excluding steroid dienone is 3. The lowest BCUT2D eigenvalue weighted by molar-refractivity contribution is 0.00985. The van der Waals surface area contributed by atoms with E-state index in [1.54, 1.807) is 5.57 Å². The van der Waals surface area contributed by atoms with Crippen LogP contribution in [-0.2, 0) is 4.74 Å². The number of carboxylic acid groups (broad SMARTS) is 1. The van der Waals surface area contributed by atoms with Gasteiger partial charge < -0.3 is 19.8 Å². The molecule has 24 heavy (non-hydrogen) atoms. The molecule has 3 aliphatic rings. The van der Waals surface area contributed by atoms with E-state index in [-0.39, 0.29) is 18.7 Å². The van der Waals surface area contributed by atoms with Gasteiger partial charge in [0.05, 0.1) is 31.4 Å². The lowest BCUT2D eigenvalue weighted by Crippen LogP contribution is -2.52. The van der Waals surface area contributed by atoms with Crippen molar-refractivity contribution in [3.8, 4) is 0 Å². The van der Waals surface area contributed by atoms with Gasteiger partial charge in [-0.15, -0.1) is 0 Å². The lowest BCUT2D eigenvalue weighted by Gasteiger charge is -2.32. The van der Waals surface area contributed by atoms with Crippen molar-refractivity contribution in [2.45, 2.75) is 64.6 Å². The normalized spacial score (nSPS) is 29.4. The van der Waals surface area contributed by atoms with E-state index in [4.69, 9.17) is 14.9 Å². The van der Waals surface area contributed by atoms with Crippen LogP contribution in [0.1, 0.15) is 52.9 Å². The minimum absolute atomic E-state index is 0.268. The molecule has 1 aliphatic carbocycles. The number of aliphatic hydroxyl groups is 1. The molecule has 0 radical (unpaired) electrons. The zero-order valence-electron chi connectivity index (χ0n) is 15.1. The van der Waals surface area contributed by atoms with Gasteiger partial charge in [0.1, 0.15) is 0 Å². The summed E-state index contributed by atoms with van der Waals surface area (Å²) in [6.07, 6.45) is 9.76. The lowest BCUT2D eigenvalue weighted by atomic mass is 9.75. The molecule has 2 unspecified atom stereocenters. The molecule has 1 saturated carbocycles. The Labute approximate surface area is 145 Å². The maximum Gasteiger partial charge on any atom is 0.407 e. The van der Waals surface area contributed by atoms with E-state index in [0.29, 0.717) is 5.92 Å². The summed E-state index contributed by atoms with van der Waals surface area (Å²) in [5, 5.41) is 16.7. The van der Waals surface area contributed by atoms with E-state index in [9.17, 15) is 4.79 Å². The van der Waals surface area contributed by atoms with Crippen molar-refractivity contribution in [1.29, 1.82) is 0 Å². The first-order valence-electron chi connectivity index (χ1n) is 8.94. The Kier molecular flexibility index (Phi) is 6.47. The van der Waals surface area contributed by atoms with Crippen LogP contribution in [0.5, 0.6) is 0 Å². The molecule has 136 valence electrons. The molecular weight excluding hydrogens is 306 g/mol. The number of carbonyl (C=O) groups is 1. The SMILES string of the molecule is CC(C)=CC/C=C(\C)C1CCCCC12CO2.O=C(O)N1CC(O)C1. The van der Waals surface area contributed by atoms with Crippen LogP contribution in [0, 0.1) is 5.92 Å². The Balaban J connectivity index is 0.000000219. The molecule has 2 N–H and O–H groups in total. The Bertz CT molecular complexity index is 497. The van der Waals surface area contributed by atoms with Gasteiger partial charge in [0, 0.05) is 5.92 Å². The van der Waals surface area contributed by atoms with Crippen LogP contribution in [0.2, 0.25) is 0 Å². The van der Waals surface area contributed by atoms with E-state index in [1.807, 2.05) is 0 Å². The number of nitrogens with zero attached hydrogens (tertiary/aromatic N) is 1. The van der Waals surface area contributed by atoms with E-state index < -0.39 is 12.2 Å². The van der Waals surface area contributed by atoms with Crippen molar-refractivity contribution in [3.63, 3.8) is 0 Å². The van der Waals surface area contributed by atoms with Crippen LogP contribution < -0.4 is 0 Å². The molecule has 2 saturated heterocycles. The van der Waals surface area contributed by atoms with Crippen molar-refractivity contribution >= 4 is 6.09 Å². The highest BCUT2D eigenvalue weighted by atomic mass is 16.6. The first-order chi connectivity index (χ1) is 11.3. The number of epoxide rings is 1. The number of hydrogen-bond acceptors (Lipinski definition) is 3. The van der Waals surface area contributed by atoms with Crippen molar-refractivity contribution < 1.29 is 19.7 Å². The van der Waals surface area contributed by atoms with E-state index >= 15 is 0 Å². The van der Waals surface area contributed by atoms with Crippen LogP contribution in [0.3, 0.4) is 0 Å². The Hall–Kier alpha value is -1.33. The first kappa shape index (κ1) is 19.0. The highest BCUT2D eigenvalue weighted by Gasteiger charge is 2.52. The van der Waals surface area contributed by atoms with Crippen molar-refractivity contribution in [1.82, 2.24) is 4.90 Å². The molecule has 1 amide bonds. The number of β-amino-alcohol motifs (C(OH)–C–C–N with tert-alkyl or cyclic N) is 1. The van der Waals surface area contributed by atoms with E-state index in [0.717, 1.165) is 17.9 Å². The number of rotatable bonds is 3. The molecule has 3 fully saturated rings. The molecule has 0 aromatic heterocycles. The van der Waals surface area contributed by atoms with Crippen LogP contribution in [0.25, 0.3) is 0 Å². The smallest absolute Gasteiger partial charge is 0.407 e. The third-order valence-electron chi connectivity index (χ3n) is 5.14. The van der Waals surface area contributed by atoms with Gasteiger partial charge in [-0.1, -0.05) is 36.1 Å². The summed E-state index contributed by atoms with van der Waals surface area (Å²) in [5.74, 6) is 0.701. The second kappa shape index (κ2) is 8.17. The van der Waals surface area contributed by atoms with Crippen molar-refractivity contribution in [3.05, 3.63) is 23.3 Å². The highest BCUT2D eigenvalue weighted by Crippen LogP contribution is 2.49. The van der Waals surface area contributed by atoms with Crippen LogP contribution >= 0.6 is 0 Å². The van der Waals surface area contributed by atoms with Gasteiger partial charge in [-0.25, -0.2) is 4.79 Å². The number of likely N-dealkylation sites (tertiary alicyclic amines) is 1. The second-order valence-corrected chi connectivity index (χ2v) is 7.46. The van der Waals surface area contributed by atoms with Crippen LogP contribution in [-0.4, -0.2) is 52.6 Å². The summed E-state index contributed by atoms with van der Waals surface area (Å²) in [7, 11) is 0. The zero-order chi connectivity index (χ0) is 17.7. The number of amides is 1. The van der Waals surface area contributed by atoms with Gasteiger partial charge >= 0.3 is 6.09 Å². The zero-order valence-corrected chi connectivity index (χ0v) is 15.1. The molecule has 2 atom stereocenters. The summed E-state index contributed by atoms with van der Waals surface area (Å²) in [5.41, 5.74) is 3.23. The monoisotopic (exact) mass is 337 g/mol. The minimum atomic E-state index is -0.949. The quantitative estimate of drug-likeness (QED) is 0.610. The largest absolute Gasteiger partial charge is 0.465 e. The Morgan fingerprint density at radius 3 is 2.38 bits per heavy atom. The van der Waals surface area contributed by atoms with Gasteiger partial charge in [0.2, 0.25) is 0 Å². The minimum Gasteiger partial charge on any atom is -0.465 e. The topological polar surface area (TPSA) is 73.3 Å². The summed E-state index contributed by atoms with van der Waals surface area (Å²) in [6, 6.07) is 0. The van der Waals surface area contributed by atoms with Gasteiger partial charge in [0.15, 0.2) is 0 Å². The Morgan fingerprint density at radius 2 is 1.92 bits per heavy atom. The van der Waals surface area contributed by atoms with Crippen LogP contribution in [0.4, 0.5) is 4.79 Å². The fourth-order valence-corrected chi connectivity index (χ4v) is 3.53. The first-order valence-corrected chi connectivity index (χ1v) is 8.94. The predicted octanol–water partition coefficient (Wildman–Crippen LogP) is 3.59. The van der Waals surface area contributed by atoms with Gasteiger partial charge in [-0.3, -0.25) is 0 Å². The fourth-order valence-electron chi connectivity index (χ4n) is 3.53. The standard InChI is InChI=1S/C15H24O.C4H7NO3/c1-12(2)7-6-8-13(3)14-9-4-5-10-15(14)11-16-15;6-3-1-5(2-3)4(7)8/h7-8,14H,4-6,9-11H2,1-3H3;3,6H,1-2H2,(H,7,8)/b13-8+;. The molecule has 5 nitrogen and oxygen atoms in total. The summed E-state index contributed by atoms with van der Waals surface area (Å²) in [4.78, 5) is 11.1. The summed E-state index contributed by atoms with van der Waals surface area (Å²) in [6.45, 7) is 8.17. The maximum atomic E-state index is 9.94. The van der Waals surface area contributed by atoms with E-state index in [2.05, 4.69) is 32.9 Å². The van der Waals surface area contributed by atoms with Gasteiger partial charge in [-0.05, 0) is 40.0 Å². The molecule has 1 spiro atoms. The molecule has 2 aliphatic heterocycles. The molecule has 0 bridgehead atoms. The maximum absolute atomic E-state index is 9.94. The predicted molar refractivity (Wildman–Crippen MR) is 94.1 cm³/mol. The van der Waals surface area contributed by atoms with Crippen molar-refractivity contribution in [2.75, 3.05) is 19.7 Å². The Morgan fingerprint density at radius 1 is 1.25 bits per heavy atom. The molecule has 2 heterocycles. The average molecular weight is 337 g/mol. The average Bonchev–Trinajstić information content (AvgIpc) is 3.24. The summed E-state index contributed by atoms with van der Waals surface area (Å²) >= 11 is 0.